The first-order chi connectivity index (χ1) is 8.25. The maximum atomic E-state index is 10.5. The Morgan fingerprint density at radius 1 is 1.47 bits per heavy atom. The molecule has 1 aromatic heterocycles. The van der Waals surface area contributed by atoms with Crippen molar-refractivity contribution in [2.24, 2.45) is 0 Å². The summed E-state index contributed by atoms with van der Waals surface area (Å²) in [5.74, 6) is -0.116. The van der Waals surface area contributed by atoms with Crippen LogP contribution in [-0.2, 0) is 0 Å². The van der Waals surface area contributed by atoms with Gasteiger partial charge in [0.1, 0.15) is 0 Å². The molecule has 1 atom stereocenters. The third-order valence-corrected chi connectivity index (χ3v) is 2.85. The number of nitro groups is 1. The largest absolute Gasteiger partial charge is 0.378 e. The Morgan fingerprint density at radius 2 is 2.35 bits per heavy atom. The van der Waals surface area contributed by atoms with E-state index < -0.39 is 4.92 Å². The number of aromatic nitrogens is 1. The van der Waals surface area contributed by atoms with Gasteiger partial charge in [0.25, 0.3) is 0 Å². The standard InChI is InChI=1S/C11H16N4O2/c16-15(17)11-5-4-10(8-13-11)14-9-3-1-2-6-12-7-9/h4-5,8-9,12,14H,1-3,6-7H2. The molecule has 17 heavy (non-hydrogen) atoms. The summed E-state index contributed by atoms with van der Waals surface area (Å²) in [5.41, 5.74) is 0.837. The first-order valence-corrected chi connectivity index (χ1v) is 5.83. The Labute approximate surface area is 99.6 Å². The van der Waals surface area contributed by atoms with E-state index in [2.05, 4.69) is 15.6 Å². The molecule has 0 aromatic carbocycles. The van der Waals surface area contributed by atoms with Gasteiger partial charge in [0.05, 0.1) is 5.69 Å². The van der Waals surface area contributed by atoms with Gasteiger partial charge in [0.2, 0.25) is 0 Å². The van der Waals surface area contributed by atoms with Crippen molar-refractivity contribution in [3.8, 4) is 0 Å². The van der Waals surface area contributed by atoms with Crippen LogP contribution in [0.25, 0.3) is 0 Å². The SMILES string of the molecule is O=[N+]([O-])c1ccc(NC2CCCCNC2)cn1. The molecule has 2 N–H and O–H groups in total. The lowest BCUT2D eigenvalue weighted by Crippen LogP contribution is -2.30. The molecule has 6 nitrogen and oxygen atoms in total. The highest BCUT2D eigenvalue weighted by Crippen LogP contribution is 2.14. The second-order valence-corrected chi connectivity index (χ2v) is 4.20. The molecule has 1 saturated heterocycles. The van der Waals surface area contributed by atoms with E-state index >= 15 is 0 Å². The van der Waals surface area contributed by atoms with Crippen LogP contribution in [0, 0.1) is 10.1 Å². The number of nitrogens with one attached hydrogen (secondary N) is 2. The first kappa shape index (κ1) is 11.8. The normalized spacial score (nSPS) is 20.6. The minimum absolute atomic E-state index is 0.116. The third-order valence-electron chi connectivity index (χ3n) is 2.85. The molecule has 0 bridgehead atoms. The molecule has 92 valence electrons. The summed E-state index contributed by atoms with van der Waals surface area (Å²) in [4.78, 5) is 13.8. The zero-order valence-corrected chi connectivity index (χ0v) is 9.56. The van der Waals surface area contributed by atoms with Crippen LogP contribution in [0.5, 0.6) is 0 Å². The highest BCUT2D eigenvalue weighted by Gasteiger charge is 2.13. The second-order valence-electron chi connectivity index (χ2n) is 4.20. The van der Waals surface area contributed by atoms with Crippen molar-refractivity contribution in [3.05, 3.63) is 28.4 Å². The van der Waals surface area contributed by atoms with Gasteiger partial charge in [-0.15, -0.1) is 0 Å². The lowest BCUT2D eigenvalue weighted by molar-refractivity contribution is -0.389. The minimum Gasteiger partial charge on any atom is -0.378 e. The van der Waals surface area contributed by atoms with Crippen LogP contribution in [0.1, 0.15) is 19.3 Å². The van der Waals surface area contributed by atoms with Gasteiger partial charge in [-0.3, -0.25) is 0 Å². The lowest BCUT2D eigenvalue weighted by atomic mass is 10.1. The molecule has 6 heteroatoms. The monoisotopic (exact) mass is 236 g/mol. The van der Waals surface area contributed by atoms with Crippen LogP contribution in [0.4, 0.5) is 11.5 Å². The Hall–Kier alpha value is -1.69. The number of hydrogen-bond donors (Lipinski definition) is 2. The predicted octanol–water partition coefficient (Wildman–Crippen LogP) is 1.54. The van der Waals surface area contributed by atoms with E-state index in [9.17, 15) is 10.1 Å². The summed E-state index contributed by atoms with van der Waals surface area (Å²) >= 11 is 0. The number of anilines is 1. The van der Waals surface area contributed by atoms with Crippen LogP contribution < -0.4 is 10.6 Å². The highest BCUT2D eigenvalue weighted by molar-refractivity contribution is 5.44. The molecular formula is C11H16N4O2. The molecule has 0 saturated carbocycles. The van der Waals surface area contributed by atoms with E-state index in [1.807, 2.05) is 0 Å². The molecular weight excluding hydrogens is 220 g/mol. The third kappa shape index (κ3) is 3.39. The lowest BCUT2D eigenvalue weighted by Gasteiger charge is -2.16. The molecule has 0 amide bonds. The molecule has 1 fully saturated rings. The first-order valence-electron chi connectivity index (χ1n) is 5.83. The number of nitrogens with zero attached hydrogens (tertiary/aromatic N) is 2. The molecule has 0 spiro atoms. The fraction of sp³-hybridized carbons (Fsp3) is 0.545. The maximum absolute atomic E-state index is 10.5. The quantitative estimate of drug-likeness (QED) is 0.614. The molecule has 2 heterocycles. The Morgan fingerprint density at radius 3 is 3.06 bits per heavy atom. The van der Waals surface area contributed by atoms with Gasteiger partial charge >= 0.3 is 5.82 Å². The van der Waals surface area contributed by atoms with E-state index in [4.69, 9.17) is 0 Å². The van der Waals surface area contributed by atoms with Crippen molar-refractivity contribution in [2.45, 2.75) is 25.3 Å². The Kier molecular flexibility index (Phi) is 3.87. The molecule has 2 rings (SSSR count). The van der Waals surface area contributed by atoms with Crippen molar-refractivity contribution in [1.82, 2.24) is 10.3 Å². The summed E-state index contributed by atoms with van der Waals surface area (Å²) in [6, 6.07) is 3.50. The average Bonchev–Trinajstić information content (AvgIpc) is 2.58. The average molecular weight is 236 g/mol. The second kappa shape index (κ2) is 5.58. The van der Waals surface area contributed by atoms with Gasteiger partial charge in [0, 0.05) is 18.7 Å². The van der Waals surface area contributed by atoms with Gasteiger partial charge in [-0.1, -0.05) is 6.42 Å². The Bertz CT molecular complexity index is 372. The summed E-state index contributed by atoms with van der Waals surface area (Å²) < 4.78 is 0. The van der Waals surface area contributed by atoms with Crippen molar-refractivity contribution in [1.29, 1.82) is 0 Å². The van der Waals surface area contributed by atoms with E-state index in [0.717, 1.165) is 25.2 Å². The van der Waals surface area contributed by atoms with Crippen molar-refractivity contribution >= 4 is 11.5 Å². The van der Waals surface area contributed by atoms with Gasteiger partial charge in [-0.2, -0.15) is 0 Å². The van der Waals surface area contributed by atoms with E-state index in [-0.39, 0.29) is 5.82 Å². The van der Waals surface area contributed by atoms with Crippen LogP contribution in [0.3, 0.4) is 0 Å². The van der Waals surface area contributed by atoms with Gasteiger partial charge in [-0.05, 0) is 35.4 Å². The molecule has 0 aliphatic carbocycles. The summed E-state index contributed by atoms with van der Waals surface area (Å²) in [6.45, 7) is 1.99. The molecule has 1 aliphatic rings. The Balaban J connectivity index is 1.95. The van der Waals surface area contributed by atoms with Crippen LogP contribution in [0.2, 0.25) is 0 Å². The van der Waals surface area contributed by atoms with E-state index in [1.165, 1.54) is 25.1 Å². The molecule has 1 unspecified atom stereocenters. The minimum atomic E-state index is -0.489. The fourth-order valence-electron chi connectivity index (χ4n) is 1.96. The van der Waals surface area contributed by atoms with E-state index in [0.29, 0.717) is 6.04 Å². The zero-order valence-electron chi connectivity index (χ0n) is 9.56. The summed E-state index contributed by atoms with van der Waals surface area (Å²) in [5, 5.41) is 17.2. The zero-order chi connectivity index (χ0) is 12.1. The van der Waals surface area contributed by atoms with E-state index in [1.54, 1.807) is 6.07 Å². The molecule has 1 aliphatic heterocycles. The fourth-order valence-corrected chi connectivity index (χ4v) is 1.96. The number of rotatable bonds is 3. The van der Waals surface area contributed by atoms with Gasteiger partial charge in [0.15, 0.2) is 6.20 Å². The van der Waals surface area contributed by atoms with Crippen molar-refractivity contribution in [2.75, 3.05) is 18.4 Å². The van der Waals surface area contributed by atoms with Gasteiger partial charge in [-0.25, -0.2) is 0 Å². The van der Waals surface area contributed by atoms with Crippen LogP contribution in [0.15, 0.2) is 18.3 Å². The number of hydrogen-bond acceptors (Lipinski definition) is 5. The van der Waals surface area contributed by atoms with Crippen LogP contribution in [-0.4, -0.2) is 29.0 Å². The molecule has 1 aromatic rings. The maximum Gasteiger partial charge on any atom is 0.363 e. The summed E-state index contributed by atoms with van der Waals surface area (Å²) in [6.07, 6.45) is 5.04. The van der Waals surface area contributed by atoms with Crippen LogP contribution >= 0.6 is 0 Å². The topological polar surface area (TPSA) is 80.1 Å². The predicted molar refractivity (Wildman–Crippen MR) is 65.0 cm³/mol. The summed E-state index contributed by atoms with van der Waals surface area (Å²) in [7, 11) is 0. The number of pyridine rings is 1. The van der Waals surface area contributed by atoms with Crippen molar-refractivity contribution < 1.29 is 4.92 Å². The smallest absolute Gasteiger partial charge is 0.363 e. The molecule has 0 radical (unpaired) electrons. The highest BCUT2D eigenvalue weighted by atomic mass is 16.6. The van der Waals surface area contributed by atoms with Crippen molar-refractivity contribution in [3.63, 3.8) is 0 Å². The van der Waals surface area contributed by atoms with Gasteiger partial charge < -0.3 is 20.7 Å².